The lowest BCUT2D eigenvalue weighted by Gasteiger charge is -2.08. The van der Waals surface area contributed by atoms with Crippen LogP contribution in [-0.2, 0) is 6.54 Å². The molecule has 2 heterocycles. The van der Waals surface area contributed by atoms with Crippen molar-refractivity contribution in [2.75, 3.05) is 5.32 Å². The van der Waals surface area contributed by atoms with Crippen molar-refractivity contribution >= 4 is 23.0 Å². The van der Waals surface area contributed by atoms with E-state index in [9.17, 15) is 0 Å². The summed E-state index contributed by atoms with van der Waals surface area (Å²) in [6.45, 7) is 2.37. The number of thiocarbonyl (C=S) groups is 1. The first kappa shape index (κ1) is 12.3. The molecule has 0 fully saturated rings. The van der Waals surface area contributed by atoms with Gasteiger partial charge >= 0.3 is 0 Å². The predicted molar refractivity (Wildman–Crippen MR) is 72.0 cm³/mol. The van der Waals surface area contributed by atoms with Crippen LogP contribution in [0.3, 0.4) is 0 Å². The first-order valence-electron chi connectivity index (χ1n) is 5.29. The number of hydrogen-bond acceptors (Lipinski definition) is 6. The van der Waals surface area contributed by atoms with Gasteiger partial charge in [0.15, 0.2) is 5.82 Å². The van der Waals surface area contributed by atoms with Crippen LogP contribution in [0.5, 0.6) is 0 Å². The third-order valence-electron chi connectivity index (χ3n) is 2.26. The lowest BCUT2D eigenvalue weighted by molar-refractivity contribution is 0.951. The quantitative estimate of drug-likeness (QED) is 0.786. The van der Waals surface area contributed by atoms with Crippen LogP contribution >= 0.6 is 12.2 Å². The van der Waals surface area contributed by atoms with Crippen LogP contribution in [0.15, 0.2) is 24.7 Å². The molecule has 0 atom stereocenters. The van der Waals surface area contributed by atoms with E-state index in [-0.39, 0.29) is 4.99 Å². The summed E-state index contributed by atoms with van der Waals surface area (Å²) in [4.78, 5) is 8.67. The molecule has 2 aromatic heterocycles. The fourth-order valence-corrected chi connectivity index (χ4v) is 1.51. The Bertz CT molecular complexity index is 554. The SMILES string of the molecule is Cc1cnc(CNc2nnccc2C(N)=S)cn1. The highest BCUT2D eigenvalue weighted by atomic mass is 32.1. The molecule has 0 aliphatic heterocycles. The number of rotatable bonds is 4. The predicted octanol–water partition coefficient (Wildman–Crippen LogP) is 0.821. The van der Waals surface area contributed by atoms with Crippen LogP contribution in [0, 0.1) is 6.92 Å². The summed E-state index contributed by atoms with van der Waals surface area (Å²) in [5, 5.41) is 10.8. The van der Waals surface area contributed by atoms with E-state index < -0.39 is 0 Å². The number of nitrogens with two attached hydrogens (primary N) is 1. The van der Waals surface area contributed by atoms with Crippen molar-refractivity contribution in [3.8, 4) is 0 Å². The smallest absolute Gasteiger partial charge is 0.159 e. The number of nitrogens with one attached hydrogen (secondary N) is 1. The van der Waals surface area contributed by atoms with Crippen molar-refractivity contribution in [3.05, 3.63) is 41.6 Å². The van der Waals surface area contributed by atoms with Gasteiger partial charge in [0.25, 0.3) is 0 Å². The molecular weight excluding hydrogens is 248 g/mol. The summed E-state index contributed by atoms with van der Waals surface area (Å²) in [7, 11) is 0. The Morgan fingerprint density at radius 2 is 2.22 bits per heavy atom. The molecular formula is C11H12N6S. The second-order valence-corrected chi connectivity index (χ2v) is 4.10. The molecule has 92 valence electrons. The van der Waals surface area contributed by atoms with E-state index in [4.69, 9.17) is 18.0 Å². The molecule has 18 heavy (non-hydrogen) atoms. The van der Waals surface area contributed by atoms with Gasteiger partial charge in [-0.25, -0.2) is 0 Å². The first-order chi connectivity index (χ1) is 8.66. The number of aryl methyl sites for hydroxylation is 1. The lowest BCUT2D eigenvalue weighted by atomic mass is 10.3. The summed E-state index contributed by atoms with van der Waals surface area (Å²) in [6.07, 6.45) is 4.96. The minimum Gasteiger partial charge on any atom is -0.389 e. The molecule has 0 aliphatic carbocycles. The molecule has 0 aromatic carbocycles. The van der Waals surface area contributed by atoms with Crippen molar-refractivity contribution < 1.29 is 0 Å². The van der Waals surface area contributed by atoms with E-state index in [1.54, 1.807) is 24.7 Å². The maximum absolute atomic E-state index is 5.60. The number of anilines is 1. The maximum Gasteiger partial charge on any atom is 0.159 e. The molecule has 0 spiro atoms. The van der Waals surface area contributed by atoms with E-state index in [1.165, 1.54) is 0 Å². The topological polar surface area (TPSA) is 89.6 Å². The van der Waals surface area contributed by atoms with Gasteiger partial charge in [0, 0.05) is 6.20 Å². The zero-order chi connectivity index (χ0) is 13.0. The van der Waals surface area contributed by atoms with Gasteiger partial charge in [0.05, 0.1) is 35.9 Å². The molecule has 0 saturated carbocycles. The fraction of sp³-hybridized carbons (Fsp3) is 0.182. The molecule has 2 aromatic rings. The zero-order valence-corrected chi connectivity index (χ0v) is 10.6. The summed E-state index contributed by atoms with van der Waals surface area (Å²) >= 11 is 4.94. The van der Waals surface area contributed by atoms with Crippen LogP contribution in [0.4, 0.5) is 5.82 Å². The molecule has 0 bridgehead atoms. The average molecular weight is 260 g/mol. The molecule has 2 rings (SSSR count). The lowest BCUT2D eigenvalue weighted by Crippen LogP contribution is -2.15. The second-order valence-electron chi connectivity index (χ2n) is 3.66. The number of nitrogens with zero attached hydrogens (tertiary/aromatic N) is 4. The van der Waals surface area contributed by atoms with Crippen molar-refractivity contribution in [2.24, 2.45) is 5.73 Å². The van der Waals surface area contributed by atoms with Gasteiger partial charge in [-0.15, -0.1) is 5.10 Å². The third kappa shape index (κ3) is 2.95. The Morgan fingerprint density at radius 1 is 1.39 bits per heavy atom. The number of aromatic nitrogens is 4. The van der Waals surface area contributed by atoms with E-state index >= 15 is 0 Å². The molecule has 7 heteroatoms. The summed E-state index contributed by atoms with van der Waals surface area (Å²) in [5.74, 6) is 0.548. The van der Waals surface area contributed by atoms with E-state index in [2.05, 4.69) is 25.5 Å². The summed E-state index contributed by atoms with van der Waals surface area (Å²) in [6, 6.07) is 1.72. The molecule has 0 amide bonds. The van der Waals surface area contributed by atoms with Crippen LogP contribution in [0.2, 0.25) is 0 Å². The largest absolute Gasteiger partial charge is 0.389 e. The first-order valence-corrected chi connectivity index (χ1v) is 5.70. The summed E-state index contributed by atoms with van der Waals surface area (Å²) < 4.78 is 0. The van der Waals surface area contributed by atoms with Gasteiger partial charge in [-0.2, -0.15) is 5.10 Å². The van der Waals surface area contributed by atoms with E-state index in [0.717, 1.165) is 11.4 Å². The van der Waals surface area contributed by atoms with E-state index in [1.807, 2.05) is 6.92 Å². The zero-order valence-electron chi connectivity index (χ0n) is 9.79. The molecule has 0 saturated heterocycles. The van der Waals surface area contributed by atoms with Crippen LogP contribution in [-0.4, -0.2) is 25.2 Å². The third-order valence-corrected chi connectivity index (χ3v) is 2.48. The molecule has 0 aliphatic rings. The van der Waals surface area contributed by atoms with Crippen molar-refractivity contribution in [1.82, 2.24) is 20.2 Å². The van der Waals surface area contributed by atoms with Crippen molar-refractivity contribution in [3.63, 3.8) is 0 Å². The Balaban J connectivity index is 2.10. The summed E-state index contributed by atoms with van der Waals surface area (Å²) in [5.41, 5.74) is 7.95. The highest BCUT2D eigenvalue weighted by Crippen LogP contribution is 2.10. The minimum absolute atomic E-state index is 0.280. The minimum atomic E-state index is 0.280. The van der Waals surface area contributed by atoms with Gasteiger partial charge in [0.1, 0.15) is 4.99 Å². The standard InChI is InChI=1S/C11H12N6S/c1-7-4-14-8(5-13-7)6-15-11-9(10(12)18)2-3-16-17-11/h2-5H,6H2,1H3,(H2,12,18)(H,15,17). The van der Waals surface area contributed by atoms with Crippen LogP contribution < -0.4 is 11.1 Å². The Kier molecular flexibility index (Phi) is 3.73. The second kappa shape index (κ2) is 5.46. The Morgan fingerprint density at radius 3 is 2.89 bits per heavy atom. The van der Waals surface area contributed by atoms with Gasteiger partial charge < -0.3 is 11.1 Å². The molecule has 6 nitrogen and oxygen atoms in total. The fourth-order valence-electron chi connectivity index (χ4n) is 1.35. The normalized spacial score (nSPS) is 10.1. The van der Waals surface area contributed by atoms with Crippen molar-refractivity contribution in [1.29, 1.82) is 0 Å². The van der Waals surface area contributed by atoms with Gasteiger partial charge in [-0.3, -0.25) is 9.97 Å². The highest BCUT2D eigenvalue weighted by Gasteiger charge is 2.06. The van der Waals surface area contributed by atoms with Gasteiger partial charge in [-0.05, 0) is 13.0 Å². The molecule has 3 N–H and O–H groups in total. The highest BCUT2D eigenvalue weighted by molar-refractivity contribution is 7.80. The van der Waals surface area contributed by atoms with Gasteiger partial charge in [-0.1, -0.05) is 12.2 Å². The Hall–Kier alpha value is -2.15. The van der Waals surface area contributed by atoms with Gasteiger partial charge in [0.2, 0.25) is 0 Å². The van der Waals surface area contributed by atoms with Crippen LogP contribution in [0.1, 0.15) is 17.0 Å². The maximum atomic E-state index is 5.60. The van der Waals surface area contributed by atoms with E-state index in [0.29, 0.717) is 17.9 Å². The number of hydrogen-bond donors (Lipinski definition) is 2. The van der Waals surface area contributed by atoms with Crippen LogP contribution in [0.25, 0.3) is 0 Å². The molecule has 0 unspecified atom stereocenters. The van der Waals surface area contributed by atoms with Crippen molar-refractivity contribution in [2.45, 2.75) is 13.5 Å². The Labute approximate surface area is 110 Å². The molecule has 0 radical (unpaired) electrons. The average Bonchev–Trinajstić information content (AvgIpc) is 2.38. The monoisotopic (exact) mass is 260 g/mol.